The number of aryl methyl sites for hydroxylation is 1. The topological polar surface area (TPSA) is 39.9 Å². The number of urea groups is 1. The Hall–Kier alpha value is -2.34. The number of thioether (sulfide) groups is 1. The molecule has 2 aromatic rings. The van der Waals surface area contributed by atoms with Crippen molar-refractivity contribution in [3.05, 3.63) is 70.7 Å². The Morgan fingerprint density at radius 3 is 2.62 bits per heavy atom. The number of carbonyl (C=O) groups is 1. The van der Waals surface area contributed by atoms with Crippen LogP contribution in [-0.4, -0.2) is 39.3 Å². The molecule has 1 aromatic carbocycles. The van der Waals surface area contributed by atoms with Crippen LogP contribution in [0.25, 0.3) is 0 Å². The molecule has 3 heterocycles. The smallest absolute Gasteiger partial charge is 0.322 e. The lowest BCUT2D eigenvalue weighted by atomic mass is 10.2. The minimum absolute atomic E-state index is 0.00585. The Morgan fingerprint density at radius 1 is 1.08 bits per heavy atom. The summed E-state index contributed by atoms with van der Waals surface area (Å²) in [5, 5.41) is 2.13. The highest BCUT2D eigenvalue weighted by atomic mass is 32.2. The van der Waals surface area contributed by atoms with E-state index in [9.17, 15) is 4.79 Å². The molecule has 26 heavy (non-hydrogen) atoms. The second-order valence-electron chi connectivity index (χ2n) is 6.74. The second-order valence-corrected chi connectivity index (χ2v) is 7.67. The fraction of sp³-hybridized carbons (Fsp3) is 0.350. The van der Waals surface area contributed by atoms with Crippen molar-refractivity contribution < 1.29 is 9.21 Å². The van der Waals surface area contributed by atoms with E-state index >= 15 is 0 Å². The van der Waals surface area contributed by atoms with Crippen LogP contribution < -0.4 is 0 Å². The van der Waals surface area contributed by atoms with Gasteiger partial charge in [0.05, 0.1) is 6.54 Å². The number of amides is 2. The molecule has 5 nitrogen and oxygen atoms in total. The zero-order chi connectivity index (χ0) is 18.1. The zero-order valence-electron chi connectivity index (χ0n) is 15.1. The first-order valence-corrected chi connectivity index (χ1v) is 9.80. The van der Waals surface area contributed by atoms with Gasteiger partial charge in [-0.1, -0.05) is 42.1 Å². The third kappa shape index (κ3) is 3.33. The molecule has 0 spiro atoms. The van der Waals surface area contributed by atoms with Crippen LogP contribution in [0.3, 0.4) is 0 Å². The molecular formula is C20H23N3O2S. The van der Waals surface area contributed by atoms with Crippen LogP contribution >= 0.6 is 11.8 Å². The summed E-state index contributed by atoms with van der Waals surface area (Å²) >= 11 is 1.69. The molecule has 0 aliphatic carbocycles. The van der Waals surface area contributed by atoms with E-state index in [1.807, 2.05) is 47.1 Å². The van der Waals surface area contributed by atoms with E-state index in [2.05, 4.69) is 29.4 Å². The fourth-order valence-electron chi connectivity index (χ4n) is 3.41. The highest BCUT2D eigenvalue weighted by molar-refractivity contribution is 8.02. The van der Waals surface area contributed by atoms with Gasteiger partial charge in [0.2, 0.25) is 0 Å². The van der Waals surface area contributed by atoms with E-state index < -0.39 is 0 Å². The van der Waals surface area contributed by atoms with E-state index in [-0.39, 0.29) is 11.5 Å². The Balaban J connectivity index is 1.45. The highest BCUT2D eigenvalue weighted by Gasteiger charge is 2.39. The van der Waals surface area contributed by atoms with Crippen molar-refractivity contribution in [1.29, 1.82) is 0 Å². The largest absolute Gasteiger partial charge is 0.464 e. The minimum atomic E-state index is -0.00585. The molecule has 1 unspecified atom stereocenters. The van der Waals surface area contributed by atoms with Crippen molar-refractivity contribution in [3.8, 4) is 0 Å². The van der Waals surface area contributed by atoms with Crippen LogP contribution in [0.5, 0.6) is 0 Å². The van der Waals surface area contributed by atoms with Gasteiger partial charge in [0.1, 0.15) is 11.5 Å². The number of rotatable bonds is 5. The van der Waals surface area contributed by atoms with Gasteiger partial charge in [0.15, 0.2) is 5.50 Å². The Bertz CT molecular complexity index is 817. The van der Waals surface area contributed by atoms with Crippen molar-refractivity contribution in [3.63, 3.8) is 0 Å². The molecule has 1 atom stereocenters. The molecule has 1 fully saturated rings. The van der Waals surface area contributed by atoms with E-state index in [4.69, 9.17) is 4.42 Å². The van der Waals surface area contributed by atoms with Crippen LogP contribution in [-0.2, 0) is 13.1 Å². The summed E-state index contributed by atoms with van der Waals surface area (Å²) < 4.78 is 5.74. The zero-order valence-corrected chi connectivity index (χ0v) is 15.9. The molecule has 1 aromatic heterocycles. The lowest BCUT2D eigenvalue weighted by Gasteiger charge is -2.33. The Morgan fingerprint density at radius 2 is 1.88 bits per heavy atom. The van der Waals surface area contributed by atoms with Gasteiger partial charge in [-0.25, -0.2) is 4.79 Å². The fourth-order valence-corrected chi connectivity index (χ4v) is 4.60. The number of hydrogen-bond donors (Lipinski definition) is 0. The van der Waals surface area contributed by atoms with Gasteiger partial charge >= 0.3 is 6.03 Å². The van der Waals surface area contributed by atoms with E-state index in [1.54, 1.807) is 11.8 Å². The monoisotopic (exact) mass is 369 g/mol. The standard InChI is InChI=1S/C20H23N3O2S/c1-15-14-26-20(23(15)13-18-9-8-16(2)25-18)22-11-10-21(19(22)24)12-17-6-4-3-5-7-17/h3-9,14,20H,10-13H2,1-2H3. The second kappa shape index (κ2) is 7.11. The Labute approximate surface area is 158 Å². The summed E-state index contributed by atoms with van der Waals surface area (Å²) in [6.07, 6.45) is 0. The van der Waals surface area contributed by atoms with Crippen LogP contribution in [0.1, 0.15) is 24.0 Å². The minimum Gasteiger partial charge on any atom is -0.464 e. The maximum absolute atomic E-state index is 13.0. The molecule has 4 rings (SSSR count). The molecule has 0 bridgehead atoms. The van der Waals surface area contributed by atoms with Crippen molar-refractivity contribution >= 4 is 17.8 Å². The first-order chi connectivity index (χ1) is 12.6. The van der Waals surface area contributed by atoms with Crippen LogP contribution in [0.2, 0.25) is 0 Å². The summed E-state index contributed by atoms with van der Waals surface area (Å²) in [6, 6.07) is 14.3. The van der Waals surface area contributed by atoms with Crippen LogP contribution in [0.4, 0.5) is 4.79 Å². The van der Waals surface area contributed by atoms with Crippen molar-refractivity contribution in [2.45, 2.75) is 32.4 Å². The summed E-state index contributed by atoms with van der Waals surface area (Å²) in [7, 11) is 0. The quantitative estimate of drug-likeness (QED) is 0.791. The molecule has 1 saturated heterocycles. The molecule has 0 saturated carbocycles. The molecule has 2 aliphatic rings. The van der Waals surface area contributed by atoms with E-state index in [0.717, 1.165) is 24.6 Å². The number of allylic oxidation sites excluding steroid dienone is 1. The molecule has 0 radical (unpaired) electrons. The summed E-state index contributed by atoms with van der Waals surface area (Å²) in [5.74, 6) is 1.84. The van der Waals surface area contributed by atoms with Gasteiger partial charge in [0, 0.05) is 25.3 Å². The van der Waals surface area contributed by atoms with Gasteiger partial charge in [0.25, 0.3) is 0 Å². The highest BCUT2D eigenvalue weighted by Crippen LogP contribution is 2.36. The van der Waals surface area contributed by atoms with Crippen molar-refractivity contribution in [1.82, 2.24) is 14.7 Å². The first-order valence-electron chi connectivity index (χ1n) is 8.85. The van der Waals surface area contributed by atoms with Crippen molar-refractivity contribution in [2.75, 3.05) is 13.1 Å². The van der Waals surface area contributed by atoms with Gasteiger partial charge in [-0.2, -0.15) is 0 Å². The van der Waals surface area contributed by atoms with Gasteiger partial charge in [-0.3, -0.25) is 4.90 Å². The predicted octanol–water partition coefficient (Wildman–Crippen LogP) is 4.22. The first kappa shape index (κ1) is 17.1. The average Bonchev–Trinajstić information content (AvgIpc) is 3.31. The van der Waals surface area contributed by atoms with Gasteiger partial charge < -0.3 is 14.2 Å². The lowest BCUT2D eigenvalue weighted by Crippen LogP contribution is -2.45. The third-order valence-electron chi connectivity index (χ3n) is 4.81. The number of hydrogen-bond acceptors (Lipinski definition) is 4. The maximum atomic E-state index is 13.0. The molecule has 0 N–H and O–H groups in total. The number of carbonyl (C=O) groups excluding carboxylic acids is 1. The van der Waals surface area contributed by atoms with Gasteiger partial charge in [-0.05, 0) is 37.0 Å². The maximum Gasteiger partial charge on any atom is 0.322 e. The van der Waals surface area contributed by atoms with E-state index in [1.165, 1.54) is 11.3 Å². The third-order valence-corrected chi connectivity index (χ3v) is 6.04. The average molecular weight is 369 g/mol. The molecule has 2 aliphatic heterocycles. The predicted molar refractivity (Wildman–Crippen MR) is 103 cm³/mol. The molecule has 2 amide bonds. The summed E-state index contributed by atoms with van der Waals surface area (Å²) in [6.45, 7) is 6.89. The number of benzene rings is 1. The molecular weight excluding hydrogens is 346 g/mol. The molecule has 136 valence electrons. The lowest BCUT2D eigenvalue weighted by molar-refractivity contribution is 0.144. The van der Waals surface area contributed by atoms with E-state index in [0.29, 0.717) is 13.1 Å². The van der Waals surface area contributed by atoms with Crippen LogP contribution in [0, 0.1) is 6.92 Å². The van der Waals surface area contributed by atoms with Gasteiger partial charge in [-0.15, -0.1) is 0 Å². The SMILES string of the molecule is CC1=CSC(N2CCN(Cc3ccccc3)C2=O)N1Cc1ccc(C)o1. The van der Waals surface area contributed by atoms with Crippen LogP contribution in [0.15, 0.2) is 58.0 Å². The summed E-state index contributed by atoms with van der Waals surface area (Å²) in [4.78, 5) is 19.1. The number of furan rings is 1. The number of nitrogens with zero attached hydrogens (tertiary/aromatic N) is 3. The molecule has 6 heteroatoms. The van der Waals surface area contributed by atoms with Crippen molar-refractivity contribution in [2.24, 2.45) is 0 Å². The Kier molecular flexibility index (Phi) is 4.68. The normalized spacial score (nSPS) is 20.2. The summed E-state index contributed by atoms with van der Waals surface area (Å²) in [5.41, 5.74) is 2.33.